The SMILES string of the molecule is BC1CC[C@](OCc2ccccc2)(C(F)(F)F)c2nnc(o2)-c2nc(c(C(F)(F)F)cc2N(C(=O)OC(C)(C)C)C(=O)OC(C)(C)C)O[C@H](C)CC1B. The van der Waals surface area contributed by atoms with E-state index < -0.39 is 101 Å². The van der Waals surface area contributed by atoms with E-state index in [-0.39, 0.29) is 23.6 Å². The molecule has 0 radical (unpaired) electrons. The Hall–Kier alpha value is -4.28. The molecule has 3 heterocycles. The summed E-state index contributed by atoms with van der Waals surface area (Å²) in [7, 11) is 3.46. The number of rotatable bonds is 4. The van der Waals surface area contributed by atoms with Crippen LogP contribution in [-0.2, 0) is 32.6 Å². The third kappa shape index (κ3) is 10.0. The highest BCUT2D eigenvalue weighted by molar-refractivity contribution is 6.21. The maximum Gasteiger partial charge on any atom is 0.426 e. The summed E-state index contributed by atoms with van der Waals surface area (Å²) in [5.41, 5.74) is -8.59. The second kappa shape index (κ2) is 15.2. The number of fused-ring (bicyclic) bond motifs is 5. The number of benzene rings is 1. The maximum atomic E-state index is 15.4. The van der Waals surface area contributed by atoms with Crippen LogP contribution in [0.5, 0.6) is 5.88 Å². The van der Waals surface area contributed by atoms with Gasteiger partial charge in [0.2, 0.25) is 11.5 Å². The second-order valence-electron chi connectivity index (χ2n) is 15.2. The fourth-order valence-electron chi connectivity index (χ4n) is 5.55. The monoisotopic (exact) mass is 754 g/mol. The van der Waals surface area contributed by atoms with Gasteiger partial charge in [0, 0.05) is 0 Å². The van der Waals surface area contributed by atoms with E-state index in [1.54, 1.807) is 46.0 Å². The number of halogens is 6. The summed E-state index contributed by atoms with van der Waals surface area (Å²) in [4.78, 5) is 31.5. The lowest BCUT2D eigenvalue weighted by Gasteiger charge is -2.34. The Balaban J connectivity index is 2.06. The molecule has 53 heavy (non-hydrogen) atoms. The largest absolute Gasteiger partial charge is 0.474 e. The van der Waals surface area contributed by atoms with Crippen LogP contribution in [0.1, 0.15) is 84.7 Å². The molecule has 0 aliphatic carbocycles. The molecule has 0 spiro atoms. The molecule has 1 aliphatic heterocycles. The molecule has 4 bridgehead atoms. The van der Waals surface area contributed by atoms with Crippen molar-refractivity contribution >= 4 is 33.6 Å². The summed E-state index contributed by atoms with van der Waals surface area (Å²) in [6.45, 7) is 9.63. The van der Waals surface area contributed by atoms with Crippen LogP contribution in [0.15, 0.2) is 40.8 Å². The van der Waals surface area contributed by atoms with Crippen LogP contribution in [-0.4, -0.2) is 66.5 Å². The predicted molar refractivity (Wildman–Crippen MR) is 185 cm³/mol. The zero-order chi connectivity index (χ0) is 39.7. The molecule has 288 valence electrons. The predicted octanol–water partition coefficient (Wildman–Crippen LogP) is 7.60. The molecule has 4 atom stereocenters. The molecule has 0 N–H and O–H groups in total. The number of aromatic nitrogens is 3. The number of amides is 2. The Morgan fingerprint density at radius 2 is 1.51 bits per heavy atom. The maximum absolute atomic E-state index is 15.4. The summed E-state index contributed by atoms with van der Waals surface area (Å²) >= 11 is 0. The molecule has 1 aliphatic rings. The van der Waals surface area contributed by atoms with Gasteiger partial charge in [-0.1, -0.05) is 48.4 Å². The van der Waals surface area contributed by atoms with Gasteiger partial charge in [0.15, 0.2) is 5.69 Å². The van der Waals surface area contributed by atoms with Gasteiger partial charge in [0.05, 0.1) is 18.4 Å². The minimum Gasteiger partial charge on any atom is -0.474 e. The van der Waals surface area contributed by atoms with Crippen LogP contribution in [0.4, 0.5) is 41.6 Å². The Labute approximate surface area is 304 Å². The number of pyridine rings is 1. The lowest BCUT2D eigenvalue weighted by Crippen LogP contribution is -2.45. The number of anilines is 1. The number of nitrogens with zero attached hydrogens (tertiary/aromatic N) is 4. The van der Waals surface area contributed by atoms with Crippen LogP contribution in [0.2, 0.25) is 11.6 Å². The van der Waals surface area contributed by atoms with Gasteiger partial charge in [-0.3, -0.25) is 0 Å². The number of hydrogen-bond donors (Lipinski definition) is 0. The van der Waals surface area contributed by atoms with Crippen molar-refractivity contribution in [3.63, 3.8) is 0 Å². The van der Waals surface area contributed by atoms with Crippen molar-refractivity contribution in [1.29, 1.82) is 0 Å². The minimum absolute atomic E-state index is 0.0758. The zero-order valence-electron chi connectivity index (χ0n) is 30.9. The van der Waals surface area contributed by atoms with E-state index in [0.717, 1.165) is 0 Å². The van der Waals surface area contributed by atoms with E-state index in [2.05, 4.69) is 15.2 Å². The molecule has 4 rings (SSSR count). The van der Waals surface area contributed by atoms with Crippen molar-refractivity contribution in [2.75, 3.05) is 4.90 Å². The van der Waals surface area contributed by atoms with Gasteiger partial charge < -0.3 is 23.4 Å². The number of ether oxygens (including phenoxy) is 4. The summed E-state index contributed by atoms with van der Waals surface area (Å²) in [6.07, 6.45) is -14.9. The van der Waals surface area contributed by atoms with Crippen molar-refractivity contribution in [3.05, 3.63) is 53.4 Å². The van der Waals surface area contributed by atoms with Crippen molar-refractivity contribution < 1.29 is 59.3 Å². The molecule has 3 aromatic rings. The Morgan fingerprint density at radius 1 is 0.925 bits per heavy atom. The van der Waals surface area contributed by atoms with Gasteiger partial charge in [-0.05, 0) is 72.9 Å². The van der Waals surface area contributed by atoms with E-state index in [0.29, 0.717) is 11.6 Å². The van der Waals surface area contributed by atoms with Crippen molar-refractivity contribution in [2.45, 2.75) is 121 Å². The Morgan fingerprint density at radius 3 is 2.04 bits per heavy atom. The van der Waals surface area contributed by atoms with E-state index in [9.17, 15) is 22.8 Å². The van der Waals surface area contributed by atoms with Gasteiger partial charge in [-0.15, -0.1) is 10.2 Å². The fourth-order valence-corrected chi connectivity index (χ4v) is 5.55. The molecule has 2 unspecified atom stereocenters. The molecule has 0 saturated heterocycles. The van der Waals surface area contributed by atoms with Gasteiger partial charge in [-0.2, -0.15) is 31.2 Å². The lowest BCUT2D eigenvalue weighted by atomic mass is 9.62. The third-order valence-electron chi connectivity index (χ3n) is 8.36. The molecule has 0 saturated carbocycles. The molecule has 1 aromatic carbocycles. The normalized spacial score (nSPS) is 21.6. The summed E-state index contributed by atoms with van der Waals surface area (Å²) in [6, 6.07) is 8.45. The molecule has 2 amide bonds. The van der Waals surface area contributed by atoms with Crippen molar-refractivity contribution in [1.82, 2.24) is 15.2 Å². The van der Waals surface area contributed by atoms with Crippen LogP contribution >= 0.6 is 0 Å². The molecule has 19 heteroatoms. The Kier molecular flexibility index (Phi) is 11.9. The highest BCUT2D eigenvalue weighted by atomic mass is 19.4. The summed E-state index contributed by atoms with van der Waals surface area (Å²) in [5, 5.41) is 7.49. The van der Waals surface area contributed by atoms with Crippen molar-refractivity contribution in [3.8, 4) is 17.5 Å². The van der Waals surface area contributed by atoms with E-state index >= 15 is 13.2 Å². The number of hydrogen-bond acceptors (Lipinski definition) is 10. The first-order valence-corrected chi connectivity index (χ1v) is 17.0. The molecular formula is C34H42B2F6N4O7. The number of carbonyl (C=O) groups is 2. The zero-order valence-corrected chi connectivity index (χ0v) is 30.9. The third-order valence-corrected chi connectivity index (χ3v) is 8.36. The van der Waals surface area contributed by atoms with Crippen LogP contribution < -0.4 is 9.64 Å². The van der Waals surface area contributed by atoms with Gasteiger partial charge in [-0.25, -0.2) is 14.6 Å². The average Bonchev–Trinajstić information content (AvgIpc) is 3.49. The van der Waals surface area contributed by atoms with E-state index in [4.69, 9.17) is 23.4 Å². The van der Waals surface area contributed by atoms with Crippen LogP contribution in [0.25, 0.3) is 11.6 Å². The molecule has 0 fully saturated rings. The number of alkyl halides is 6. The standard InChI is InChI=1S/C34H42B2F6N4O7/c1-18-15-22(36)21(35)13-14-32(34(40,41)42,49-17-19-11-9-8-10-12-19)27-45-44-26(51-27)24-23(16-20(33(37,38)39)25(43-24)50-18)46(28(47)52-30(2,3)4)29(48)53-31(5,6)7/h8-12,16,18,21-22H,13-15,17,35-36H2,1-7H3/t18-,21?,22?,32-/m1/s1. The van der Waals surface area contributed by atoms with Gasteiger partial charge in [0.25, 0.3) is 11.8 Å². The highest BCUT2D eigenvalue weighted by Crippen LogP contribution is 2.49. The average molecular weight is 754 g/mol. The fraction of sp³-hybridized carbons (Fsp3) is 0.559. The first kappa shape index (κ1) is 41.5. The van der Waals surface area contributed by atoms with Crippen LogP contribution in [0, 0.1) is 0 Å². The minimum atomic E-state index is -5.18. The Bertz CT molecular complexity index is 1730. The van der Waals surface area contributed by atoms with Crippen LogP contribution in [0.3, 0.4) is 0 Å². The van der Waals surface area contributed by atoms with Gasteiger partial charge >= 0.3 is 24.5 Å². The summed E-state index contributed by atoms with van der Waals surface area (Å²) < 4.78 is 118. The highest BCUT2D eigenvalue weighted by Gasteiger charge is 2.61. The van der Waals surface area contributed by atoms with Crippen molar-refractivity contribution in [2.24, 2.45) is 0 Å². The van der Waals surface area contributed by atoms with Gasteiger partial charge in [0.1, 0.15) is 32.5 Å². The summed E-state index contributed by atoms with van der Waals surface area (Å²) in [5.74, 6) is -3.71. The van der Waals surface area contributed by atoms with E-state index in [1.807, 2.05) is 0 Å². The first-order chi connectivity index (χ1) is 24.3. The number of carbonyl (C=O) groups excluding carboxylic acids is 2. The quantitative estimate of drug-likeness (QED) is 0.194. The molecule has 2 aromatic heterocycles. The first-order valence-electron chi connectivity index (χ1n) is 17.0. The molecule has 11 nitrogen and oxygen atoms in total. The lowest BCUT2D eigenvalue weighted by molar-refractivity contribution is -0.300. The number of imide groups is 1. The topological polar surface area (TPSA) is 126 Å². The second-order valence-corrected chi connectivity index (χ2v) is 15.2. The smallest absolute Gasteiger partial charge is 0.426 e. The van der Waals surface area contributed by atoms with E-state index in [1.165, 1.54) is 48.5 Å². The molecular weight excluding hydrogens is 712 g/mol.